The Kier molecular flexibility index (Phi) is 4.44. The molecule has 6 heteroatoms. The molecule has 0 bridgehead atoms. The zero-order valence-corrected chi connectivity index (χ0v) is 11.8. The maximum Gasteiger partial charge on any atom is 0.333 e. The van der Waals surface area contributed by atoms with Gasteiger partial charge < -0.3 is 14.7 Å². The Balaban J connectivity index is 2.35. The van der Waals surface area contributed by atoms with Crippen molar-refractivity contribution < 1.29 is 14.8 Å². The van der Waals surface area contributed by atoms with Crippen molar-refractivity contribution in [3.8, 4) is 5.75 Å². The standard InChI is InChI=1S/C14H20N2O4/c1-3-20-13-6-4-5-11(14(13)16(18)19)15-8-7-10(2)12(17)9-15/h4-6,10,12,17H,3,7-9H2,1-2H3. The number of rotatable bonds is 4. The van der Waals surface area contributed by atoms with Gasteiger partial charge in [0, 0.05) is 13.1 Å². The fraction of sp³-hybridized carbons (Fsp3) is 0.571. The number of aliphatic hydroxyl groups excluding tert-OH is 1. The van der Waals surface area contributed by atoms with E-state index in [1.165, 1.54) is 0 Å². The Morgan fingerprint density at radius 2 is 2.30 bits per heavy atom. The van der Waals surface area contributed by atoms with E-state index in [0.717, 1.165) is 6.42 Å². The molecule has 1 aliphatic rings. The van der Waals surface area contributed by atoms with E-state index in [1.54, 1.807) is 25.1 Å². The third-order valence-electron chi connectivity index (χ3n) is 3.72. The topological polar surface area (TPSA) is 75.8 Å². The van der Waals surface area contributed by atoms with Gasteiger partial charge in [0.1, 0.15) is 5.69 Å². The van der Waals surface area contributed by atoms with Crippen molar-refractivity contribution in [3.05, 3.63) is 28.3 Å². The first-order valence-corrected chi connectivity index (χ1v) is 6.87. The van der Waals surface area contributed by atoms with Gasteiger partial charge in [-0.05, 0) is 31.4 Å². The highest BCUT2D eigenvalue weighted by atomic mass is 16.6. The van der Waals surface area contributed by atoms with Gasteiger partial charge in [-0.1, -0.05) is 13.0 Å². The molecule has 2 atom stereocenters. The average Bonchev–Trinajstić information content (AvgIpc) is 2.42. The maximum absolute atomic E-state index is 11.3. The summed E-state index contributed by atoms with van der Waals surface area (Å²) in [4.78, 5) is 12.8. The predicted molar refractivity (Wildman–Crippen MR) is 76.3 cm³/mol. The van der Waals surface area contributed by atoms with Crippen molar-refractivity contribution in [1.29, 1.82) is 0 Å². The summed E-state index contributed by atoms with van der Waals surface area (Å²) >= 11 is 0. The Bertz CT molecular complexity index is 492. The van der Waals surface area contributed by atoms with Crippen LogP contribution in [-0.4, -0.2) is 35.8 Å². The SMILES string of the molecule is CCOc1cccc(N2CCC(C)C(O)C2)c1[N+](=O)[O-]. The molecular formula is C14H20N2O4. The fourth-order valence-corrected chi connectivity index (χ4v) is 2.49. The van der Waals surface area contributed by atoms with Crippen LogP contribution in [0.4, 0.5) is 11.4 Å². The first kappa shape index (κ1) is 14.6. The number of hydrogen-bond donors (Lipinski definition) is 1. The molecule has 2 unspecified atom stereocenters. The van der Waals surface area contributed by atoms with Gasteiger partial charge in [-0.2, -0.15) is 0 Å². The van der Waals surface area contributed by atoms with Crippen molar-refractivity contribution in [2.45, 2.75) is 26.4 Å². The molecule has 2 rings (SSSR count). The van der Waals surface area contributed by atoms with Crippen molar-refractivity contribution >= 4 is 11.4 Å². The minimum atomic E-state index is -0.459. The van der Waals surface area contributed by atoms with Gasteiger partial charge in [0.05, 0.1) is 17.6 Å². The van der Waals surface area contributed by atoms with E-state index >= 15 is 0 Å². The number of nitro benzene ring substituents is 1. The fourth-order valence-electron chi connectivity index (χ4n) is 2.49. The number of hydrogen-bond acceptors (Lipinski definition) is 5. The number of benzene rings is 1. The highest BCUT2D eigenvalue weighted by Gasteiger charge is 2.30. The lowest BCUT2D eigenvalue weighted by Crippen LogP contribution is -2.43. The summed E-state index contributed by atoms with van der Waals surface area (Å²) < 4.78 is 5.35. The van der Waals surface area contributed by atoms with Crippen LogP contribution in [0.25, 0.3) is 0 Å². The van der Waals surface area contributed by atoms with Gasteiger partial charge in [-0.25, -0.2) is 0 Å². The maximum atomic E-state index is 11.3. The largest absolute Gasteiger partial charge is 0.487 e. The molecule has 110 valence electrons. The smallest absolute Gasteiger partial charge is 0.333 e. The highest BCUT2D eigenvalue weighted by Crippen LogP contribution is 2.38. The molecule has 0 aliphatic carbocycles. The minimum absolute atomic E-state index is 0.0175. The second-order valence-electron chi connectivity index (χ2n) is 5.09. The lowest BCUT2D eigenvalue weighted by atomic mass is 9.95. The number of anilines is 1. The molecule has 1 aliphatic heterocycles. The van der Waals surface area contributed by atoms with Crippen molar-refractivity contribution in [2.75, 3.05) is 24.6 Å². The molecule has 1 heterocycles. The van der Waals surface area contributed by atoms with Crippen LogP contribution in [0.2, 0.25) is 0 Å². The number of β-amino-alcohol motifs (C(OH)–C–C–N with tert-alkyl or cyclic N) is 1. The summed E-state index contributed by atoms with van der Waals surface area (Å²) in [5, 5.41) is 21.3. The Labute approximate surface area is 118 Å². The first-order valence-electron chi connectivity index (χ1n) is 6.87. The van der Waals surface area contributed by atoms with Gasteiger partial charge in [-0.3, -0.25) is 10.1 Å². The van der Waals surface area contributed by atoms with Crippen LogP contribution >= 0.6 is 0 Å². The third-order valence-corrected chi connectivity index (χ3v) is 3.72. The summed E-state index contributed by atoms with van der Waals surface area (Å²) in [5.74, 6) is 0.503. The average molecular weight is 280 g/mol. The first-order chi connectivity index (χ1) is 9.54. The number of ether oxygens (including phenoxy) is 1. The van der Waals surface area contributed by atoms with Crippen LogP contribution in [0.3, 0.4) is 0 Å². The Morgan fingerprint density at radius 1 is 1.55 bits per heavy atom. The number of aliphatic hydroxyl groups is 1. The van der Waals surface area contributed by atoms with Crippen LogP contribution < -0.4 is 9.64 Å². The number of nitro groups is 1. The number of nitrogens with zero attached hydrogens (tertiary/aromatic N) is 2. The lowest BCUT2D eigenvalue weighted by molar-refractivity contribution is -0.385. The molecule has 0 aromatic heterocycles. The normalized spacial score (nSPS) is 22.6. The van der Waals surface area contributed by atoms with Crippen LogP contribution in [0, 0.1) is 16.0 Å². The molecular weight excluding hydrogens is 260 g/mol. The quantitative estimate of drug-likeness (QED) is 0.676. The molecule has 1 aromatic carbocycles. The summed E-state index contributed by atoms with van der Waals surface area (Å²) in [5.41, 5.74) is 0.503. The van der Waals surface area contributed by atoms with E-state index in [4.69, 9.17) is 4.74 Å². The minimum Gasteiger partial charge on any atom is -0.487 e. The van der Waals surface area contributed by atoms with Gasteiger partial charge in [0.2, 0.25) is 0 Å². The van der Waals surface area contributed by atoms with Crippen molar-refractivity contribution in [1.82, 2.24) is 0 Å². The summed E-state index contributed by atoms with van der Waals surface area (Å²) in [7, 11) is 0. The Hall–Kier alpha value is -1.82. The second kappa shape index (κ2) is 6.09. The molecule has 1 N–H and O–H groups in total. The second-order valence-corrected chi connectivity index (χ2v) is 5.09. The molecule has 1 aromatic rings. The molecule has 1 fully saturated rings. The van der Waals surface area contributed by atoms with Crippen LogP contribution in [0.1, 0.15) is 20.3 Å². The molecule has 1 saturated heterocycles. The van der Waals surface area contributed by atoms with E-state index in [-0.39, 0.29) is 17.4 Å². The Morgan fingerprint density at radius 3 is 2.90 bits per heavy atom. The van der Waals surface area contributed by atoms with Gasteiger partial charge >= 0.3 is 5.69 Å². The third kappa shape index (κ3) is 2.85. The van der Waals surface area contributed by atoms with E-state index < -0.39 is 11.0 Å². The van der Waals surface area contributed by atoms with Crippen LogP contribution in [0.15, 0.2) is 18.2 Å². The van der Waals surface area contributed by atoms with Crippen molar-refractivity contribution in [2.24, 2.45) is 5.92 Å². The van der Waals surface area contributed by atoms with E-state index in [0.29, 0.717) is 25.4 Å². The van der Waals surface area contributed by atoms with E-state index in [9.17, 15) is 15.2 Å². The van der Waals surface area contributed by atoms with Gasteiger partial charge in [0.15, 0.2) is 5.75 Å². The molecule has 0 saturated carbocycles. The van der Waals surface area contributed by atoms with E-state index in [2.05, 4.69) is 0 Å². The molecule has 6 nitrogen and oxygen atoms in total. The number of piperidine rings is 1. The monoisotopic (exact) mass is 280 g/mol. The molecule has 20 heavy (non-hydrogen) atoms. The predicted octanol–water partition coefficient (Wildman–Crippen LogP) is 2.20. The molecule has 0 radical (unpaired) electrons. The van der Waals surface area contributed by atoms with Gasteiger partial charge in [-0.15, -0.1) is 0 Å². The molecule has 0 spiro atoms. The van der Waals surface area contributed by atoms with Gasteiger partial charge in [0.25, 0.3) is 0 Å². The van der Waals surface area contributed by atoms with Crippen molar-refractivity contribution in [3.63, 3.8) is 0 Å². The summed E-state index contributed by atoms with van der Waals surface area (Å²) in [6.45, 7) is 5.28. The zero-order valence-electron chi connectivity index (χ0n) is 11.8. The number of para-hydroxylation sites is 1. The lowest BCUT2D eigenvalue weighted by Gasteiger charge is -2.35. The highest BCUT2D eigenvalue weighted by molar-refractivity contribution is 5.70. The summed E-state index contributed by atoms with van der Waals surface area (Å²) in [6, 6.07) is 5.06. The molecule has 0 amide bonds. The van der Waals surface area contributed by atoms with E-state index in [1.807, 2.05) is 11.8 Å². The van der Waals surface area contributed by atoms with Crippen LogP contribution in [0.5, 0.6) is 5.75 Å². The zero-order chi connectivity index (χ0) is 14.7. The summed E-state index contributed by atoms with van der Waals surface area (Å²) in [6.07, 6.45) is 0.357. The van der Waals surface area contributed by atoms with Crippen LogP contribution in [-0.2, 0) is 0 Å².